The van der Waals surface area contributed by atoms with Crippen molar-refractivity contribution < 1.29 is 12.8 Å². The smallest absolute Gasteiger partial charge is 0.240 e. The van der Waals surface area contributed by atoms with E-state index in [9.17, 15) is 12.8 Å². The van der Waals surface area contributed by atoms with Gasteiger partial charge in [-0.2, -0.15) is 11.8 Å². The van der Waals surface area contributed by atoms with Crippen LogP contribution in [-0.4, -0.2) is 33.0 Å². The Morgan fingerprint density at radius 3 is 2.67 bits per heavy atom. The topological polar surface area (TPSA) is 58.2 Å². The number of hydrogen-bond donors (Lipinski definition) is 2. The molecule has 0 fully saturated rings. The van der Waals surface area contributed by atoms with Crippen LogP contribution in [0.1, 0.15) is 25.8 Å². The van der Waals surface area contributed by atoms with Gasteiger partial charge in [0.25, 0.3) is 0 Å². The van der Waals surface area contributed by atoms with Crippen LogP contribution in [0.3, 0.4) is 0 Å². The molecule has 0 saturated carbocycles. The van der Waals surface area contributed by atoms with E-state index in [1.54, 1.807) is 11.8 Å². The van der Waals surface area contributed by atoms with Crippen LogP contribution in [0.2, 0.25) is 0 Å². The normalized spacial score (nSPS) is 12.0. The molecule has 2 N–H and O–H groups in total. The summed E-state index contributed by atoms with van der Waals surface area (Å²) in [7, 11) is -3.57. The lowest BCUT2D eigenvalue weighted by atomic mass is 10.2. The van der Waals surface area contributed by atoms with Crippen LogP contribution in [-0.2, 0) is 16.6 Å². The van der Waals surface area contributed by atoms with Crippen molar-refractivity contribution in [1.82, 2.24) is 10.0 Å². The van der Waals surface area contributed by atoms with Gasteiger partial charge in [-0.05, 0) is 36.6 Å². The Morgan fingerprint density at radius 2 is 2.05 bits per heavy atom. The van der Waals surface area contributed by atoms with E-state index < -0.39 is 15.8 Å². The van der Waals surface area contributed by atoms with Crippen LogP contribution in [0, 0.1) is 5.82 Å². The van der Waals surface area contributed by atoms with E-state index in [0.29, 0.717) is 18.7 Å². The number of rotatable bonds is 9. The molecular formula is C14H23FN2O2S2. The van der Waals surface area contributed by atoms with Gasteiger partial charge in [-0.25, -0.2) is 17.5 Å². The molecule has 7 heteroatoms. The third-order valence-corrected chi connectivity index (χ3v) is 5.00. The summed E-state index contributed by atoms with van der Waals surface area (Å²) in [5, 5.41) is 3.08. The van der Waals surface area contributed by atoms with Crippen LogP contribution in [0.4, 0.5) is 4.39 Å². The van der Waals surface area contributed by atoms with E-state index in [2.05, 4.69) is 10.0 Å². The second-order valence-corrected chi connectivity index (χ2v) is 7.79. The van der Waals surface area contributed by atoms with E-state index in [1.807, 2.05) is 20.1 Å². The number of nitrogens with one attached hydrogen (secondary N) is 2. The SMILES string of the molecule is CSCCCNS(=O)(=O)c1ccc(F)c(CNC(C)C)c1. The average Bonchev–Trinajstić information content (AvgIpc) is 2.42. The van der Waals surface area contributed by atoms with Gasteiger partial charge < -0.3 is 5.32 Å². The summed E-state index contributed by atoms with van der Waals surface area (Å²) in [4.78, 5) is 0.105. The van der Waals surface area contributed by atoms with Crippen molar-refractivity contribution in [2.24, 2.45) is 0 Å². The fourth-order valence-electron chi connectivity index (χ4n) is 1.67. The predicted molar refractivity (Wildman–Crippen MR) is 86.6 cm³/mol. The largest absolute Gasteiger partial charge is 0.310 e. The average molecular weight is 334 g/mol. The number of hydrogen-bond acceptors (Lipinski definition) is 4. The van der Waals surface area contributed by atoms with E-state index in [4.69, 9.17) is 0 Å². The molecule has 0 saturated heterocycles. The number of halogens is 1. The zero-order chi connectivity index (χ0) is 15.9. The Labute approximate surface area is 131 Å². The quantitative estimate of drug-likeness (QED) is 0.681. The zero-order valence-electron chi connectivity index (χ0n) is 12.6. The lowest BCUT2D eigenvalue weighted by Crippen LogP contribution is -2.26. The molecule has 0 aliphatic carbocycles. The monoisotopic (exact) mass is 334 g/mol. The van der Waals surface area contributed by atoms with Crippen LogP contribution in [0.5, 0.6) is 0 Å². The molecule has 0 radical (unpaired) electrons. The Morgan fingerprint density at radius 1 is 1.33 bits per heavy atom. The molecule has 0 atom stereocenters. The highest BCUT2D eigenvalue weighted by molar-refractivity contribution is 7.98. The molecule has 4 nitrogen and oxygen atoms in total. The molecule has 1 aromatic carbocycles. The van der Waals surface area contributed by atoms with Crippen molar-refractivity contribution >= 4 is 21.8 Å². The molecule has 0 bridgehead atoms. The lowest BCUT2D eigenvalue weighted by Gasteiger charge is -2.11. The third kappa shape index (κ3) is 6.34. The third-order valence-electron chi connectivity index (χ3n) is 2.85. The molecule has 0 aromatic heterocycles. The lowest BCUT2D eigenvalue weighted by molar-refractivity contribution is 0.550. The van der Waals surface area contributed by atoms with Crippen molar-refractivity contribution in [1.29, 1.82) is 0 Å². The number of sulfonamides is 1. The van der Waals surface area contributed by atoms with E-state index in [1.165, 1.54) is 18.2 Å². The molecule has 120 valence electrons. The molecule has 1 aromatic rings. The van der Waals surface area contributed by atoms with Crippen LogP contribution in [0.25, 0.3) is 0 Å². The first kappa shape index (κ1) is 18.4. The predicted octanol–water partition coefficient (Wildman–Crippen LogP) is 2.36. The highest BCUT2D eigenvalue weighted by Crippen LogP contribution is 2.15. The maximum atomic E-state index is 13.7. The van der Waals surface area contributed by atoms with Crippen LogP contribution < -0.4 is 10.0 Å². The first-order chi connectivity index (χ1) is 9.86. The van der Waals surface area contributed by atoms with Gasteiger partial charge in [-0.1, -0.05) is 13.8 Å². The molecule has 0 aliphatic heterocycles. The molecule has 0 spiro atoms. The summed E-state index contributed by atoms with van der Waals surface area (Å²) in [6.07, 6.45) is 2.74. The highest BCUT2D eigenvalue weighted by Gasteiger charge is 2.15. The molecule has 0 aliphatic rings. The van der Waals surface area contributed by atoms with Gasteiger partial charge >= 0.3 is 0 Å². The fourth-order valence-corrected chi connectivity index (χ4v) is 3.23. The zero-order valence-corrected chi connectivity index (χ0v) is 14.3. The minimum Gasteiger partial charge on any atom is -0.310 e. The summed E-state index contributed by atoms with van der Waals surface area (Å²) in [5.74, 6) is 0.500. The first-order valence-electron chi connectivity index (χ1n) is 6.87. The summed E-state index contributed by atoms with van der Waals surface area (Å²) < 4.78 is 40.5. The van der Waals surface area contributed by atoms with Gasteiger partial charge in [0.2, 0.25) is 10.0 Å². The molecule has 0 unspecified atom stereocenters. The van der Waals surface area contributed by atoms with Gasteiger partial charge in [0.1, 0.15) is 5.82 Å². The van der Waals surface area contributed by atoms with Crippen LogP contribution in [0.15, 0.2) is 23.1 Å². The summed E-state index contributed by atoms with van der Waals surface area (Å²) >= 11 is 1.67. The van der Waals surface area contributed by atoms with Gasteiger partial charge in [-0.3, -0.25) is 0 Å². The van der Waals surface area contributed by atoms with Gasteiger partial charge in [0.05, 0.1) is 4.90 Å². The van der Waals surface area contributed by atoms with Crippen molar-refractivity contribution in [3.63, 3.8) is 0 Å². The Kier molecular flexibility index (Phi) is 7.65. The number of benzene rings is 1. The van der Waals surface area contributed by atoms with E-state index in [-0.39, 0.29) is 10.9 Å². The molecule has 0 heterocycles. The molecule has 21 heavy (non-hydrogen) atoms. The maximum Gasteiger partial charge on any atom is 0.240 e. The van der Waals surface area contributed by atoms with Gasteiger partial charge in [-0.15, -0.1) is 0 Å². The highest BCUT2D eigenvalue weighted by atomic mass is 32.2. The Balaban J connectivity index is 2.79. The van der Waals surface area contributed by atoms with E-state index in [0.717, 1.165) is 12.2 Å². The van der Waals surface area contributed by atoms with Crippen molar-refractivity contribution in [2.45, 2.75) is 37.8 Å². The number of thioether (sulfide) groups is 1. The summed E-state index contributed by atoms with van der Waals surface area (Å²) in [6.45, 7) is 4.59. The Hall–Kier alpha value is -0.630. The molecular weight excluding hydrogens is 311 g/mol. The maximum absolute atomic E-state index is 13.7. The van der Waals surface area contributed by atoms with Crippen molar-refractivity contribution in [2.75, 3.05) is 18.6 Å². The fraction of sp³-hybridized carbons (Fsp3) is 0.571. The van der Waals surface area contributed by atoms with Gasteiger partial charge in [0.15, 0.2) is 0 Å². The van der Waals surface area contributed by atoms with Gasteiger partial charge in [0, 0.05) is 24.7 Å². The minimum atomic E-state index is -3.57. The summed E-state index contributed by atoms with van der Waals surface area (Å²) in [6, 6.07) is 4.09. The summed E-state index contributed by atoms with van der Waals surface area (Å²) in [5.41, 5.74) is 0.357. The van der Waals surface area contributed by atoms with Crippen molar-refractivity contribution in [3.05, 3.63) is 29.6 Å². The Bertz CT molecular complexity index is 548. The van der Waals surface area contributed by atoms with Crippen molar-refractivity contribution in [3.8, 4) is 0 Å². The second-order valence-electron chi connectivity index (χ2n) is 5.03. The first-order valence-corrected chi connectivity index (χ1v) is 9.75. The second kappa shape index (κ2) is 8.73. The molecule has 0 amide bonds. The minimum absolute atomic E-state index is 0.105. The standard InChI is InChI=1S/C14H23FN2O2S2/c1-11(2)16-10-12-9-13(5-6-14(12)15)21(18,19)17-7-4-8-20-3/h5-6,9,11,16-17H,4,7-8,10H2,1-3H3. The molecule has 1 rings (SSSR count). The van der Waals surface area contributed by atoms with E-state index >= 15 is 0 Å². The van der Waals surface area contributed by atoms with Crippen LogP contribution >= 0.6 is 11.8 Å².